The molecule has 1 aliphatic heterocycles. The predicted molar refractivity (Wildman–Crippen MR) is 79.4 cm³/mol. The van der Waals surface area contributed by atoms with Gasteiger partial charge in [-0.2, -0.15) is 4.31 Å². The van der Waals surface area contributed by atoms with Crippen molar-refractivity contribution < 1.29 is 13.3 Å². The van der Waals surface area contributed by atoms with E-state index < -0.39 is 14.9 Å². The third kappa shape index (κ3) is 2.86. The van der Waals surface area contributed by atoms with E-state index in [0.717, 1.165) is 18.9 Å². The Balaban J connectivity index is 2.45. The summed E-state index contributed by atoms with van der Waals surface area (Å²) < 4.78 is 26.7. The topological polar surface area (TPSA) is 107 Å². The van der Waals surface area contributed by atoms with Gasteiger partial charge in [-0.3, -0.25) is 10.1 Å². The van der Waals surface area contributed by atoms with Crippen LogP contribution >= 0.6 is 0 Å². The maximum Gasteiger partial charge on any atom is 0.293 e. The molecule has 1 unspecified atom stereocenters. The molecular weight excluding hydrogens is 294 g/mol. The van der Waals surface area contributed by atoms with Crippen molar-refractivity contribution >= 4 is 21.4 Å². The van der Waals surface area contributed by atoms with Crippen molar-refractivity contribution in [3.8, 4) is 0 Å². The van der Waals surface area contributed by atoms with E-state index in [4.69, 9.17) is 5.73 Å². The zero-order valence-corrected chi connectivity index (χ0v) is 12.9. The molecule has 1 heterocycles. The van der Waals surface area contributed by atoms with E-state index in [-0.39, 0.29) is 16.3 Å². The van der Waals surface area contributed by atoms with Crippen molar-refractivity contribution in [2.45, 2.75) is 31.6 Å². The number of anilines is 1. The third-order valence-corrected chi connectivity index (χ3v) is 5.97. The van der Waals surface area contributed by atoms with Crippen molar-refractivity contribution in [1.82, 2.24) is 4.31 Å². The number of nitrogen functional groups attached to an aromatic ring is 1. The van der Waals surface area contributed by atoms with E-state index in [9.17, 15) is 18.5 Å². The molecule has 0 radical (unpaired) electrons. The van der Waals surface area contributed by atoms with Gasteiger partial charge in [-0.1, -0.05) is 13.3 Å². The van der Waals surface area contributed by atoms with E-state index in [2.05, 4.69) is 0 Å². The first kappa shape index (κ1) is 15.7. The van der Waals surface area contributed by atoms with Gasteiger partial charge in [0.15, 0.2) is 0 Å². The first-order chi connectivity index (χ1) is 9.77. The molecule has 116 valence electrons. The maximum absolute atomic E-state index is 12.7. The first-order valence-electron chi connectivity index (χ1n) is 6.82. The van der Waals surface area contributed by atoms with E-state index >= 15 is 0 Å². The Labute approximate surface area is 123 Å². The summed E-state index contributed by atoms with van der Waals surface area (Å²) in [4.78, 5) is 10.3. The van der Waals surface area contributed by atoms with Gasteiger partial charge in [0.05, 0.1) is 9.82 Å². The molecule has 0 aromatic heterocycles. The minimum Gasteiger partial charge on any atom is -0.393 e. The Hall–Kier alpha value is -1.67. The Kier molecular flexibility index (Phi) is 4.20. The lowest BCUT2D eigenvalue weighted by molar-refractivity contribution is -0.384. The summed E-state index contributed by atoms with van der Waals surface area (Å²) in [6.07, 6.45) is 1.75. The SMILES string of the molecule is CCC1CCN(S(=O)(=O)c2cc([N+](=O)[O-])c(N)cc2C)C1. The van der Waals surface area contributed by atoms with Gasteiger partial charge in [-0.15, -0.1) is 0 Å². The number of nitro benzene ring substituents is 1. The number of nitrogens with two attached hydrogens (primary N) is 1. The number of hydrogen-bond acceptors (Lipinski definition) is 5. The monoisotopic (exact) mass is 313 g/mol. The van der Waals surface area contributed by atoms with Crippen molar-refractivity contribution in [3.05, 3.63) is 27.8 Å². The van der Waals surface area contributed by atoms with Crippen LogP contribution in [0.25, 0.3) is 0 Å². The number of rotatable bonds is 4. The fraction of sp³-hybridized carbons (Fsp3) is 0.538. The molecule has 2 rings (SSSR count). The lowest BCUT2D eigenvalue weighted by atomic mass is 10.1. The van der Waals surface area contributed by atoms with Crippen molar-refractivity contribution in [2.75, 3.05) is 18.8 Å². The molecule has 0 bridgehead atoms. The van der Waals surface area contributed by atoms with Gasteiger partial charge in [0.25, 0.3) is 5.69 Å². The van der Waals surface area contributed by atoms with Crippen LogP contribution < -0.4 is 5.73 Å². The second-order valence-corrected chi connectivity index (χ2v) is 7.27. The molecule has 0 spiro atoms. The van der Waals surface area contributed by atoms with Crippen LogP contribution in [0.3, 0.4) is 0 Å². The van der Waals surface area contributed by atoms with Crippen molar-refractivity contribution in [1.29, 1.82) is 0 Å². The number of hydrogen-bond donors (Lipinski definition) is 1. The van der Waals surface area contributed by atoms with Gasteiger partial charge in [-0.05, 0) is 30.9 Å². The van der Waals surface area contributed by atoms with Gasteiger partial charge in [0, 0.05) is 19.2 Å². The molecule has 21 heavy (non-hydrogen) atoms. The average Bonchev–Trinajstić information content (AvgIpc) is 2.87. The van der Waals surface area contributed by atoms with E-state index in [1.165, 1.54) is 10.4 Å². The molecule has 0 amide bonds. The zero-order chi connectivity index (χ0) is 15.8. The highest BCUT2D eigenvalue weighted by molar-refractivity contribution is 7.89. The minimum absolute atomic E-state index is 0.0238. The van der Waals surface area contributed by atoms with Gasteiger partial charge in [0.1, 0.15) is 5.69 Å². The predicted octanol–water partition coefficient (Wildman–Crippen LogP) is 1.91. The lowest BCUT2D eigenvalue weighted by Gasteiger charge is -2.18. The number of benzene rings is 1. The summed E-state index contributed by atoms with van der Waals surface area (Å²) >= 11 is 0. The lowest BCUT2D eigenvalue weighted by Crippen LogP contribution is -2.29. The number of nitro groups is 1. The molecule has 8 heteroatoms. The summed E-state index contributed by atoms with van der Waals surface area (Å²) in [5.41, 5.74) is 5.62. The van der Waals surface area contributed by atoms with Crippen LogP contribution in [-0.4, -0.2) is 30.7 Å². The second kappa shape index (κ2) is 5.61. The normalized spacial score (nSPS) is 19.8. The van der Waals surface area contributed by atoms with Crippen LogP contribution in [0.15, 0.2) is 17.0 Å². The average molecular weight is 313 g/mol. The summed E-state index contributed by atoms with van der Waals surface area (Å²) in [5.74, 6) is 0.351. The largest absolute Gasteiger partial charge is 0.393 e. The quantitative estimate of drug-likeness (QED) is 0.519. The highest BCUT2D eigenvalue weighted by atomic mass is 32.2. The van der Waals surface area contributed by atoms with E-state index in [0.29, 0.717) is 24.6 Å². The highest BCUT2D eigenvalue weighted by Gasteiger charge is 2.34. The van der Waals surface area contributed by atoms with Gasteiger partial charge in [0.2, 0.25) is 10.0 Å². The molecule has 1 aliphatic rings. The molecule has 1 atom stereocenters. The first-order valence-corrected chi connectivity index (χ1v) is 8.26. The Bertz CT molecular complexity index is 672. The molecule has 7 nitrogen and oxygen atoms in total. The fourth-order valence-electron chi connectivity index (χ4n) is 2.62. The number of aryl methyl sites for hydroxylation is 1. The standard InChI is InChI=1S/C13H19N3O4S/c1-3-10-4-5-15(8-10)21(19,20)13-7-12(16(17)18)11(14)6-9(13)2/h6-7,10H,3-5,8,14H2,1-2H3. The van der Waals surface area contributed by atoms with Gasteiger partial charge < -0.3 is 5.73 Å². The van der Waals surface area contributed by atoms with Crippen LogP contribution in [0.5, 0.6) is 0 Å². The van der Waals surface area contributed by atoms with E-state index in [1.54, 1.807) is 6.92 Å². The number of nitrogens with zero attached hydrogens (tertiary/aromatic N) is 2. The Morgan fingerprint density at radius 2 is 2.14 bits per heavy atom. The molecule has 2 N–H and O–H groups in total. The molecule has 1 aromatic rings. The zero-order valence-electron chi connectivity index (χ0n) is 12.1. The van der Waals surface area contributed by atoms with Gasteiger partial charge >= 0.3 is 0 Å². The van der Waals surface area contributed by atoms with Gasteiger partial charge in [-0.25, -0.2) is 8.42 Å². The Morgan fingerprint density at radius 3 is 2.67 bits per heavy atom. The summed E-state index contributed by atoms with van der Waals surface area (Å²) in [7, 11) is -3.71. The second-order valence-electron chi connectivity index (χ2n) is 5.36. The van der Waals surface area contributed by atoms with Crippen LogP contribution in [0.4, 0.5) is 11.4 Å². The summed E-state index contributed by atoms with van der Waals surface area (Å²) in [5, 5.41) is 10.9. The fourth-order valence-corrected chi connectivity index (χ4v) is 4.38. The smallest absolute Gasteiger partial charge is 0.293 e. The number of sulfonamides is 1. The molecular formula is C13H19N3O4S. The van der Waals surface area contributed by atoms with Crippen LogP contribution in [-0.2, 0) is 10.0 Å². The molecule has 0 aliphatic carbocycles. The Morgan fingerprint density at radius 1 is 1.48 bits per heavy atom. The van der Waals surface area contributed by atoms with Crippen LogP contribution in [0.2, 0.25) is 0 Å². The van der Waals surface area contributed by atoms with Crippen LogP contribution in [0.1, 0.15) is 25.3 Å². The summed E-state index contributed by atoms with van der Waals surface area (Å²) in [6.45, 7) is 4.55. The molecule has 0 saturated carbocycles. The summed E-state index contributed by atoms with van der Waals surface area (Å²) in [6, 6.07) is 2.41. The van der Waals surface area contributed by atoms with Crippen molar-refractivity contribution in [3.63, 3.8) is 0 Å². The molecule has 1 saturated heterocycles. The third-order valence-electron chi connectivity index (χ3n) is 3.96. The van der Waals surface area contributed by atoms with E-state index in [1.807, 2.05) is 6.92 Å². The minimum atomic E-state index is -3.71. The molecule has 1 aromatic carbocycles. The highest BCUT2D eigenvalue weighted by Crippen LogP contribution is 2.32. The maximum atomic E-state index is 12.7. The van der Waals surface area contributed by atoms with Crippen molar-refractivity contribution in [2.24, 2.45) is 5.92 Å². The molecule has 1 fully saturated rings. The van der Waals surface area contributed by atoms with Crippen LogP contribution in [0, 0.1) is 23.0 Å².